The van der Waals surface area contributed by atoms with Crippen molar-refractivity contribution in [3.8, 4) is 16.8 Å². The molecule has 1 heterocycles. The van der Waals surface area contributed by atoms with Gasteiger partial charge in [-0.3, -0.25) is 9.59 Å². The molecule has 2 amide bonds. The molecule has 0 radical (unpaired) electrons. The number of halogens is 2. The van der Waals surface area contributed by atoms with Crippen LogP contribution >= 0.6 is 23.2 Å². The van der Waals surface area contributed by atoms with Crippen LogP contribution in [0.4, 0.5) is 5.82 Å². The number of unbranched alkanes of at least 4 members (excludes halogenated alkanes) is 1. The van der Waals surface area contributed by atoms with Crippen molar-refractivity contribution in [2.24, 2.45) is 0 Å². The van der Waals surface area contributed by atoms with Gasteiger partial charge in [0.25, 0.3) is 5.91 Å². The van der Waals surface area contributed by atoms with Crippen LogP contribution in [-0.2, 0) is 4.79 Å². The van der Waals surface area contributed by atoms with Gasteiger partial charge in [-0.2, -0.15) is 5.10 Å². The van der Waals surface area contributed by atoms with Crippen molar-refractivity contribution in [3.05, 3.63) is 99.7 Å². The average molecular weight is 550 g/mol. The number of hydrogen-bond acceptors (Lipinski definition) is 3. The highest BCUT2D eigenvalue weighted by Crippen LogP contribution is 2.33. The molecule has 8 heteroatoms. The first-order chi connectivity index (χ1) is 18.3. The third-order valence-electron chi connectivity index (χ3n) is 6.22. The lowest BCUT2D eigenvalue weighted by Crippen LogP contribution is -2.39. The summed E-state index contributed by atoms with van der Waals surface area (Å²) in [5, 5.41) is 8.52. The van der Waals surface area contributed by atoms with Crippen molar-refractivity contribution in [2.75, 3.05) is 18.4 Å². The van der Waals surface area contributed by atoms with Crippen LogP contribution in [0.15, 0.2) is 72.8 Å². The minimum absolute atomic E-state index is 0.135. The van der Waals surface area contributed by atoms with Gasteiger partial charge < -0.3 is 10.2 Å². The van der Waals surface area contributed by atoms with Gasteiger partial charge in [-0.15, -0.1) is 0 Å². The number of carbonyl (C=O) groups excluding carboxylic acids is 2. The lowest BCUT2D eigenvalue weighted by Gasteiger charge is -2.23. The van der Waals surface area contributed by atoms with Crippen molar-refractivity contribution >= 4 is 40.8 Å². The zero-order chi connectivity index (χ0) is 27.2. The van der Waals surface area contributed by atoms with Gasteiger partial charge >= 0.3 is 0 Å². The number of benzene rings is 3. The van der Waals surface area contributed by atoms with E-state index in [1.165, 1.54) is 11.0 Å². The maximum absolute atomic E-state index is 13.5. The van der Waals surface area contributed by atoms with Crippen LogP contribution < -0.4 is 5.32 Å². The van der Waals surface area contributed by atoms with E-state index in [1.54, 1.807) is 16.8 Å². The molecule has 38 heavy (non-hydrogen) atoms. The summed E-state index contributed by atoms with van der Waals surface area (Å²) in [6.45, 7) is 6.26. The molecule has 0 aliphatic heterocycles. The summed E-state index contributed by atoms with van der Waals surface area (Å²) in [7, 11) is 0. The molecule has 0 unspecified atom stereocenters. The molecule has 1 N–H and O–H groups in total. The molecule has 0 aliphatic rings. The van der Waals surface area contributed by atoms with Gasteiger partial charge in [0.15, 0.2) is 0 Å². The highest BCUT2D eigenvalue weighted by molar-refractivity contribution is 6.36. The predicted molar refractivity (Wildman–Crippen MR) is 154 cm³/mol. The van der Waals surface area contributed by atoms with Gasteiger partial charge in [-0.25, -0.2) is 4.68 Å². The van der Waals surface area contributed by atoms with Gasteiger partial charge in [0, 0.05) is 17.1 Å². The first kappa shape index (κ1) is 27.4. The first-order valence-electron chi connectivity index (χ1n) is 12.5. The second-order valence-electron chi connectivity index (χ2n) is 9.18. The minimum Gasteiger partial charge on any atom is -0.329 e. The lowest BCUT2D eigenvalue weighted by atomic mass is 10.1. The number of aromatic nitrogens is 2. The van der Waals surface area contributed by atoms with Crippen LogP contribution in [0.25, 0.3) is 16.8 Å². The molecule has 0 aliphatic carbocycles. The Bertz CT molecular complexity index is 1430. The maximum Gasteiger partial charge on any atom is 0.255 e. The number of nitrogens with one attached hydrogen (secondary N) is 1. The summed E-state index contributed by atoms with van der Waals surface area (Å²) in [5.41, 5.74) is 4.79. The molecule has 0 bridgehead atoms. The van der Waals surface area contributed by atoms with E-state index in [0.29, 0.717) is 22.9 Å². The molecule has 0 fully saturated rings. The lowest BCUT2D eigenvalue weighted by molar-refractivity contribution is -0.116. The van der Waals surface area contributed by atoms with Gasteiger partial charge in [-0.1, -0.05) is 84.6 Å². The van der Waals surface area contributed by atoms with Gasteiger partial charge in [0.2, 0.25) is 5.91 Å². The Morgan fingerprint density at radius 1 is 0.974 bits per heavy atom. The van der Waals surface area contributed by atoms with Gasteiger partial charge in [0.05, 0.1) is 22.0 Å². The first-order valence-corrected chi connectivity index (χ1v) is 13.3. The molecule has 0 spiro atoms. The van der Waals surface area contributed by atoms with Crippen LogP contribution in [0.5, 0.6) is 0 Å². The molecular formula is C30H30Cl2N4O2. The summed E-state index contributed by atoms with van der Waals surface area (Å²) in [4.78, 5) is 28.4. The van der Waals surface area contributed by atoms with Crippen molar-refractivity contribution in [1.29, 1.82) is 0 Å². The zero-order valence-corrected chi connectivity index (χ0v) is 23.2. The highest BCUT2D eigenvalue weighted by atomic mass is 35.5. The van der Waals surface area contributed by atoms with Crippen molar-refractivity contribution in [1.82, 2.24) is 14.7 Å². The van der Waals surface area contributed by atoms with E-state index in [-0.39, 0.29) is 23.4 Å². The fraction of sp³-hybridized carbons (Fsp3) is 0.233. The van der Waals surface area contributed by atoms with E-state index in [1.807, 2.05) is 75.4 Å². The normalized spacial score (nSPS) is 10.9. The number of amides is 2. The SMILES string of the molecule is CCCCN(CC(=O)Nc1c(-c2ccccc2)c(C)nn1-c1ccc(C)cc1)C(=O)c1ccc(Cl)cc1Cl. The van der Waals surface area contributed by atoms with E-state index in [9.17, 15) is 9.59 Å². The van der Waals surface area contributed by atoms with E-state index in [2.05, 4.69) is 5.32 Å². The molecule has 0 saturated carbocycles. The van der Waals surface area contributed by atoms with Gasteiger partial charge in [0.1, 0.15) is 12.4 Å². The van der Waals surface area contributed by atoms with Crippen molar-refractivity contribution in [2.45, 2.75) is 33.6 Å². The van der Waals surface area contributed by atoms with Gasteiger partial charge in [-0.05, 0) is 56.2 Å². The molecule has 0 atom stereocenters. The molecule has 0 saturated heterocycles. The second-order valence-corrected chi connectivity index (χ2v) is 10.0. The summed E-state index contributed by atoms with van der Waals surface area (Å²) in [5.74, 6) is -0.0956. The Morgan fingerprint density at radius 2 is 1.68 bits per heavy atom. The molecule has 6 nitrogen and oxygen atoms in total. The number of nitrogens with zero attached hydrogens (tertiary/aromatic N) is 3. The van der Waals surface area contributed by atoms with Crippen LogP contribution in [0.3, 0.4) is 0 Å². The molecule has 196 valence electrons. The quantitative estimate of drug-likeness (QED) is 0.238. The largest absolute Gasteiger partial charge is 0.329 e. The maximum atomic E-state index is 13.5. The fourth-order valence-corrected chi connectivity index (χ4v) is 4.73. The number of rotatable bonds is 9. The third kappa shape index (κ3) is 6.26. The Hall–Kier alpha value is -3.61. The average Bonchev–Trinajstić information content (AvgIpc) is 3.22. The molecular weight excluding hydrogens is 519 g/mol. The smallest absolute Gasteiger partial charge is 0.255 e. The van der Waals surface area contributed by atoms with Crippen molar-refractivity contribution < 1.29 is 9.59 Å². The van der Waals surface area contributed by atoms with Crippen LogP contribution in [-0.4, -0.2) is 39.6 Å². The number of aryl methyl sites for hydroxylation is 2. The third-order valence-corrected chi connectivity index (χ3v) is 6.77. The van der Waals surface area contributed by atoms with E-state index in [4.69, 9.17) is 28.3 Å². The Labute approximate surface area is 233 Å². The van der Waals surface area contributed by atoms with E-state index in [0.717, 1.165) is 40.9 Å². The fourth-order valence-electron chi connectivity index (χ4n) is 4.25. The Morgan fingerprint density at radius 3 is 2.34 bits per heavy atom. The number of carbonyl (C=O) groups is 2. The molecule has 4 rings (SSSR count). The predicted octanol–water partition coefficient (Wildman–Crippen LogP) is 7.34. The van der Waals surface area contributed by atoms with Crippen LogP contribution in [0.2, 0.25) is 10.0 Å². The monoisotopic (exact) mass is 548 g/mol. The standard InChI is InChI=1S/C30H30Cl2N4O2/c1-4-5-17-35(30(38)25-16-13-23(31)18-26(25)32)19-27(37)33-29-28(22-9-7-6-8-10-22)21(3)34-36(29)24-14-11-20(2)12-15-24/h6-16,18H,4-5,17,19H2,1-3H3,(H,33,37). The topological polar surface area (TPSA) is 67.2 Å². The summed E-state index contributed by atoms with van der Waals surface area (Å²) < 4.78 is 1.74. The van der Waals surface area contributed by atoms with E-state index < -0.39 is 0 Å². The van der Waals surface area contributed by atoms with Crippen molar-refractivity contribution in [3.63, 3.8) is 0 Å². The zero-order valence-electron chi connectivity index (χ0n) is 21.7. The van der Waals surface area contributed by atoms with Crippen LogP contribution in [0, 0.1) is 13.8 Å². The molecule has 3 aromatic carbocycles. The summed E-state index contributed by atoms with van der Waals surface area (Å²) in [6, 6.07) is 22.5. The number of anilines is 1. The van der Waals surface area contributed by atoms with Crippen LogP contribution in [0.1, 0.15) is 41.4 Å². The number of hydrogen-bond donors (Lipinski definition) is 1. The minimum atomic E-state index is -0.329. The molecule has 1 aromatic heterocycles. The second kappa shape index (κ2) is 12.3. The summed E-state index contributed by atoms with van der Waals surface area (Å²) >= 11 is 12.3. The van der Waals surface area contributed by atoms with E-state index >= 15 is 0 Å². The molecule has 4 aromatic rings. The highest BCUT2D eigenvalue weighted by Gasteiger charge is 2.24. The Kier molecular flexibility index (Phi) is 8.87. The Balaban J connectivity index is 1.68. The summed E-state index contributed by atoms with van der Waals surface area (Å²) in [6.07, 6.45) is 1.62.